The van der Waals surface area contributed by atoms with Gasteiger partial charge in [0.05, 0.1) is 12.1 Å². The predicted octanol–water partition coefficient (Wildman–Crippen LogP) is 0.153. The van der Waals surface area contributed by atoms with E-state index in [0.717, 1.165) is 12.8 Å². The van der Waals surface area contributed by atoms with Crippen LogP contribution in [0.25, 0.3) is 0 Å². The van der Waals surface area contributed by atoms with E-state index in [0.29, 0.717) is 0 Å². The fourth-order valence-electron chi connectivity index (χ4n) is 1.36. The van der Waals surface area contributed by atoms with Crippen molar-refractivity contribution in [2.75, 3.05) is 6.54 Å². The number of nitrogens with two attached hydrogens (primary N) is 1. The van der Waals surface area contributed by atoms with E-state index in [2.05, 4.69) is 0 Å². The minimum absolute atomic E-state index is 0.0236. The van der Waals surface area contributed by atoms with Gasteiger partial charge in [-0.15, -0.1) is 0 Å². The second kappa shape index (κ2) is 4.21. The first-order chi connectivity index (χ1) is 7.15. The van der Waals surface area contributed by atoms with Gasteiger partial charge in [0.15, 0.2) is 6.10 Å². The SMILES string of the molecule is CC(N)(C(=O)NCC(O)C(F)(F)F)C1CC1. The van der Waals surface area contributed by atoms with Gasteiger partial charge in [0.25, 0.3) is 0 Å². The van der Waals surface area contributed by atoms with Crippen molar-refractivity contribution in [2.24, 2.45) is 11.7 Å². The van der Waals surface area contributed by atoms with Crippen LogP contribution in [0.2, 0.25) is 0 Å². The minimum atomic E-state index is -4.72. The molecule has 94 valence electrons. The van der Waals surface area contributed by atoms with Crippen molar-refractivity contribution in [1.82, 2.24) is 5.32 Å². The van der Waals surface area contributed by atoms with E-state index in [-0.39, 0.29) is 5.92 Å². The molecule has 1 aliphatic rings. The van der Waals surface area contributed by atoms with Gasteiger partial charge in [-0.2, -0.15) is 13.2 Å². The fraction of sp³-hybridized carbons (Fsp3) is 0.889. The topological polar surface area (TPSA) is 75.4 Å². The molecule has 2 atom stereocenters. The van der Waals surface area contributed by atoms with Crippen LogP contribution in [0.5, 0.6) is 0 Å². The molecule has 16 heavy (non-hydrogen) atoms. The summed E-state index contributed by atoms with van der Waals surface area (Å²) < 4.78 is 35.8. The molecule has 0 bridgehead atoms. The molecule has 0 aromatic rings. The first-order valence-electron chi connectivity index (χ1n) is 4.97. The van der Waals surface area contributed by atoms with Crippen molar-refractivity contribution in [3.8, 4) is 0 Å². The average molecular weight is 240 g/mol. The highest BCUT2D eigenvalue weighted by atomic mass is 19.4. The Balaban J connectivity index is 2.41. The molecule has 0 aliphatic heterocycles. The number of alkyl halides is 3. The summed E-state index contributed by atoms with van der Waals surface area (Å²) in [6, 6.07) is 0. The highest BCUT2D eigenvalue weighted by Crippen LogP contribution is 2.38. The Kier molecular flexibility index (Phi) is 3.49. The number of halogens is 3. The maximum Gasteiger partial charge on any atom is 0.416 e. The summed E-state index contributed by atoms with van der Waals surface area (Å²) >= 11 is 0. The van der Waals surface area contributed by atoms with Crippen LogP contribution < -0.4 is 11.1 Å². The summed E-state index contributed by atoms with van der Waals surface area (Å²) in [7, 11) is 0. The lowest BCUT2D eigenvalue weighted by atomic mass is 9.96. The van der Waals surface area contributed by atoms with Gasteiger partial charge in [0.1, 0.15) is 0 Å². The molecular formula is C9H15F3N2O2. The number of aliphatic hydroxyl groups excluding tert-OH is 1. The lowest BCUT2D eigenvalue weighted by Crippen LogP contribution is -2.55. The molecule has 1 saturated carbocycles. The van der Waals surface area contributed by atoms with E-state index < -0.39 is 30.3 Å². The smallest absolute Gasteiger partial charge is 0.382 e. The molecule has 4 nitrogen and oxygen atoms in total. The summed E-state index contributed by atoms with van der Waals surface area (Å²) in [5.74, 6) is -0.631. The molecule has 0 radical (unpaired) electrons. The molecule has 0 aromatic carbocycles. The zero-order valence-corrected chi connectivity index (χ0v) is 8.84. The van der Waals surface area contributed by atoms with E-state index in [1.807, 2.05) is 5.32 Å². The van der Waals surface area contributed by atoms with E-state index >= 15 is 0 Å². The average Bonchev–Trinajstić information content (AvgIpc) is 2.94. The third-order valence-electron chi connectivity index (χ3n) is 2.75. The number of hydrogen-bond acceptors (Lipinski definition) is 3. The quantitative estimate of drug-likeness (QED) is 0.655. The van der Waals surface area contributed by atoms with E-state index in [9.17, 15) is 18.0 Å². The third-order valence-corrected chi connectivity index (χ3v) is 2.75. The van der Waals surface area contributed by atoms with Gasteiger partial charge in [-0.05, 0) is 25.7 Å². The second-order valence-electron chi connectivity index (χ2n) is 4.32. The monoisotopic (exact) mass is 240 g/mol. The van der Waals surface area contributed by atoms with Gasteiger partial charge >= 0.3 is 6.18 Å². The number of carbonyl (C=O) groups is 1. The van der Waals surface area contributed by atoms with Crippen molar-refractivity contribution >= 4 is 5.91 Å². The van der Waals surface area contributed by atoms with E-state index in [1.54, 1.807) is 0 Å². The zero-order valence-electron chi connectivity index (χ0n) is 8.84. The van der Waals surface area contributed by atoms with Crippen molar-refractivity contribution in [3.63, 3.8) is 0 Å². The summed E-state index contributed by atoms with van der Waals surface area (Å²) in [4.78, 5) is 11.5. The molecule has 4 N–H and O–H groups in total. The lowest BCUT2D eigenvalue weighted by Gasteiger charge is -2.24. The van der Waals surface area contributed by atoms with Crippen LogP contribution in [0.1, 0.15) is 19.8 Å². The Morgan fingerprint density at radius 3 is 2.44 bits per heavy atom. The van der Waals surface area contributed by atoms with Gasteiger partial charge in [-0.1, -0.05) is 0 Å². The van der Waals surface area contributed by atoms with Crippen molar-refractivity contribution in [3.05, 3.63) is 0 Å². The first-order valence-corrected chi connectivity index (χ1v) is 4.97. The van der Waals surface area contributed by atoms with Crippen molar-refractivity contribution < 1.29 is 23.1 Å². The Morgan fingerprint density at radius 2 is 2.06 bits per heavy atom. The molecule has 0 heterocycles. The Hall–Kier alpha value is -0.820. The molecule has 0 aromatic heterocycles. The largest absolute Gasteiger partial charge is 0.416 e. The zero-order chi connectivity index (χ0) is 12.6. The van der Waals surface area contributed by atoms with Crippen molar-refractivity contribution in [2.45, 2.75) is 37.6 Å². The maximum absolute atomic E-state index is 11.9. The summed E-state index contributed by atoms with van der Waals surface area (Å²) in [6.07, 6.45) is -5.66. The van der Waals surface area contributed by atoms with Crippen molar-refractivity contribution in [1.29, 1.82) is 0 Å². The molecule has 1 rings (SSSR count). The van der Waals surface area contributed by atoms with Gasteiger partial charge in [0.2, 0.25) is 5.91 Å². The van der Waals surface area contributed by atoms with E-state index in [4.69, 9.17) is 10.8 Å². The lowest BCUT2D eigenvalue weighted by molar-refractivity contribution is -0.202. The third kappa shape index (κ3) is 3.08. The van der Waals surface area contributed by atoms with Crippen LogP contribution in [0.3, 0.4) is 0 Å². The highest BCUT2D eigenvalue weighted by molar-refractivity contribution is 5.86. The molecular weight excluding hydrogens is 225 g/mol. The number of amides is 1. The minimum Gasteiger partial charge on any atom is -0.382 e. The summed E-state index contributed by atoms with van der Waals surface area (Å²) in [6.45, 7) is 0.627. The van der Waals surface area contributed by atoms with Crippen LogP contribution in [0.15, 0.2) is 0 Å². The summed E-state index contributed by atoms with van der Waals surface area (Å²) in [5, 5.41) is 10.7. The molecule has 0 saturated heterocycles. The molecule has 1 amide bonds. The molecule has 1 aliphatic carbocycles. The second-order valence-corrected chi connectivity index (χ2v) is 4.32. The van der Waals surface area contributed by atoms with E-state index in [1.165, 1.54) is 6.92 Å². The standard InChI is InChI=1S/C9H15F3N2O2/c1-8(13,5-2-3-5)7(16)14-4-6(15)9(10,11)12/h5-6,15H,2-4,13H2,1H3,(H,14,16). The number of rotatable bonds is 4. The van der Waals surface area contributed by atoms with Crippen LogP contribution in [-0.2, 0) is 4.79 Å². The predicted molar refractivity (Wildman–Crippen MR) is 50.4 cm³/mol. The van der Waals surface area contributed by atoms with Crippen LogP contribution in [0.4, 0.5) is 13.2 Å². The van der Waals surface area contributed by atoms with Gasteiger partial charge in [-0.3, -0.25) is 4.79 Å². The van der Waals surface area contributed by atoms with Crippen LogP contribution in [0, 0.1) is 5.92 Å². The normalized spacial score (nSPS) is 22.4. The Bertz CT molecular complexity index is 274. The van der Waals surface area contributed by atoms with Gasteiger partial charge < -0.3 is 16.2 Å². The van der Waals surface area contributed by atoms with Crippen LogP contribution >= 0.6 is 0 Å². The Labute approximate surface area is 91.0 Å². The number of hydrogen-bond donors (Lipinski definition) is 3. The summed E-state index contributed by atoms with van der Waals surface area (Å²) in [5.41, 5.74) is 4.54. The number of carbonyl (C=O) groups excluding carboxylic acids is 1. The molecule has 2 unspecified atom stereocenters. The number of nitrogens with one attached hydrogen (secondary N) is 1. The maximum atomic E-state index is 11.9. The molecule has 1 fully saturated rings. The van der Waals surface area contributed by atoms with Gasteiger partial charge in [0, 0.05) is 0 Å². The van der Waals surface area contributed by atoms with Crippen LogP contribution in [-0.4, -0.2) is 35.4 Å². The fourth-order valence-corrected chi connectivity index (χ4v) is 1.36. The molecule has 0 spiro atoms. The van der Waals surface area contributed by atoms with Gasteiger partial charge in [-0.25, -0.2) is 0 Å². The molecule has 7 heteroatoms. The first kappa shape index (κ1) is 13.2. The number of aliphatic hydroxyl groups is 1. The Morgan fingerprint density at radius 1 is 1.56 bits per heavy atom. The highest BCUT2D eigenvalue weighted by Gasteiger charge is 2.45.